The molecular formula is C24H37N5O4. The number of rotatable bonds is 11. The maximum absolute atomic E-state index is 12.8. The number of allylic oxidation sites excluding steroid dienone is 1. The summed E-state index contributed by atoms with van der Waals surface area (Å²) >= 11 is 0. The van der Waals surface area contributed by atoms with Crippen molar-refractivity contribution in [3.8, 4) is 5.88 Å². The summed E-state index contributed by atoms with van der Waals surface area (Å²) in [5.74, 6) is 1.49. The van der Waals surface area contributed by atoms with Crippen molar-refractivity contribution < 1.29 is 19.4 Å². The van der Waals surface area contributed by atoms with Gasteiger partial charge in [0.15, 0.2) is 0 Å². The standard InChI is InChI=1S/C20H27N5O3.C4H10O/c1-28-20-15(3-2-8-23-20)10-22-11-16(9-21)25-19(27)18(24-12-26)17(13-4-5-13)14-6-7-14;1-4(2,3)5/h2-3,8-9,11-14,17-18H,4-7,10,21H2,1H3,(H,24,26)(H,25,27);5H,1-3H3/b16-9+,22-11?;. The van der Waals surface area contributed by atoms with Crippen LogP contribution in [0.5, 0.6) is 5.88 Å². The predicted octanol–water partition coefficient (Wildman–Crippen LogP) is 1.91. The van der Waals surface area contributed by atoms with Crippen LogP contribution in [-0.2, 0) is 16.1 Å². The Balaban J connectivity index is 0.000000696. The third-order valence-electron chi connectivity index (χ3n) is 5.23. The highest BCUT2D eigenvalue weighted by atomic mass is 16.5. The summed E-state index contributed by atoms with van der Waals surface area (Å²) in [6.45, 7) is 5.57. The van der Waals surface area contributed by atoms with Crippen LogP contribution in [0.15, 0.2) is 35.2 Å². The molecule has 2 fully saturated rings. The van der Waals surface area contributed by atoms with Gasteiger partial charge in [0.05, 0.1) is 25.0 Å². The summed E-state index contributed by atoms with van der Waals surface area (Å²) in [7, 11) is 1.55. The highest BCUT2D eigenvalue weighted by molar-refractivity contribution is 5.91. The highest BCUT2D eigenvalue weighted by Gasteiger charge is 2.47. The van der Waals surface area contributed by atoms with Crippen molar-refractivity contribution in [2.75, 3.05) is 7.11 Å². The fourth-order valence-corrected chi connectivity index (χ4v) is 3.63. The topological polar surface area (TPSA) is 139 Å². The van der Waals surface area contributed by atoms with Gasteiger partial charge in [-0.25, -0.2) is 4.98 Å². The molecule has 0 radical (unpaired) electrons. The second-order valence-corrected chi connectivity index (χ2v) is 9.44. The monoisotopic (exact) mass is 459 g/mol. The van der Waals surface area contributed by atoms with Gasteiger partial charge < -0.3 is 26.2 Å². The molecule has 0 aromatic carbocycles. The molecule has 182 valence electrons. The van der Waals surface area contributed by atoms with E-state index in [1.165, 1.54) is 12.4 Å². The molecule has 1 unspecified atom stereocenters. The maximum atomic E-state index is 12.8. The summed E-state index contributed by atoms with van der Waals surface area (Å²) in [6.07, 6.45) is 9.55. The number of nitrogens with one attached hydrogen (secondary N) is 2. The summed E-state index contributed by atoms with van der Waals surface area (Å²) in [6, 6.07) is 3.13. The van der Waals surface area contributed by atoms with E-state index in [1.807, 2.05) is 6.07 Å². The summed E-state index contributed by atoms with van der Waals surface area (Å²) < 4.78 is 5.20. The first-order valence-electron chi connectivity index (χ1n) is 11.3. The molecule has 9 nitrogen and oxygen atoms in total. The van der Waals surface area contributed by atoms with E-state index in [-0.39, 0.29) is 11.8 Å². The number of ether oxygens (including phenoxy) is 1. The molecule has 0 saturated heterocycles. The molecule has 1 aromatic heterocycles. The molecule has 1 aromatic rings. The largest absolute Gasteiger partial charge is 0.481 e. The van der Waals surface area contributed by atoms with Crippen molar-refractivity contribution in [1.82, 2.24) is 15.6 Å². The Morgan fingerprint density at radius 3 is 2.42 bits per heavy atom. The first kappa shape index (κ1) is 26.3. The van der Waals surface area contributed by atoms with Gasteiger partial charge in [-0.3, -0.25) is 14.6 Å². The molecule has 9 heteroatoms. The van der Waals surface area contributed by atoms with Gasteiger partial charge in [0.2, 0.25) is 18.2 Å². The van der Waals surface area contributed by atoms with Crippen molar-refractivity contribution in [3.05, 3.63) is 35.8 Å². The molecular weight excluding hydrogens is 422 g/mol. The number of hydrogen-bond acceptors (Lipinski definition) is 7. The maximum Gasteiger partial charge on any atom is 0.247 e. The van der Waals surface area contributed by atoms with E-state index in [1.54, 1.807) is 40.1 Å². The first-order chi connectivity index (χ1) is 15.7. The predicted molar refractivity (Wildman–Crippen MR) is 127 cm³/mol. The Labute approximate surface area is 195 Å². The van der Waals surface area contributed by atoms with Crippen molar-refractivity contribution >= 4 is 18.5 Å². The molecule has 33 heavy (non-hydrogen) atoms. The normalized spacial score (nSPS) is 17.2. The van der Waals surface area contributed by atoms with Gasteiger partial charge in [-0.05, 0) is 70.3 Å². The van der Waals surface area contributed by atoms with Gasteiger partial charge in [-0.2, -0.15) is 0 Å². The van der Waals surface area contributed by atoms with Gasteiger partial charge in [0, 0.05) is 24.2 Å². The van der Waals surface area contributed by atoms with E-state index in [4.69, 9.17) is 15.6 Å². The molecule has 2 saturated carbocycles. The van der Waals surface area contributed by atoms with Crippen LogP contribution in [0.4, 0.5) is 0 Å². The summed E-state index contributed by atoms with van der Waals surface area (Å²) in [5, 5.41) is 14.0. The Kier molecular flexibility index (Phi) is 9.84. The summed E-state index contributed by atoms with van der Waals surface area (Å²) in [4.78, 5) is 32.3. The third-order valence-corrected chi connectivity index (χ3v) is 5.23. The lowest BCUT2D eigenvalue weighted by Crippen LogP contribution is -2.49. The quantitative estimate of drug-likeness (QED) is 0.294. The number of nitrogens with zero attached hydrogens (tertiary/aromatic N) is 2. The molecule has 2 aliphatic carbocycles. The van der Waals surface area contributed by atoms with Gasteiger partial charge >= 0.3 is 0 Å². The number of amides is 2. The fraction of sp³-hybridized carbons (Fsp3) is 0.583. The van der Waals surface area contributed by atoms with Crippen LogP contribution in [0.1, 0.15) is 52.0 Å². The fourth-order valence-electron chi connectivity index (χ4n) is 3.63. The molecule has 0 spiro atoms. The second-order valence-electron chi connectivity index (χ2n) is 9.44. The first-order valence-corrected chi connectivity index (χ1v) is 11.3. The number of nitrogens with two attached hydrogens (primary N) is 1. The molecule has 0 bridgehead atoms. The lowest BCUT2D eigenvalue weighted by molar-refractivity contribution is -0.126. The number of carbonyl (C=O) groups excluding carboxylic acids is 2. The van der Waals surface area contributed by atoms with Gasteiger partial charge in [-0.15, -0.1) is 0 Å². The van der Waals surface area contributed by atoms with E-state index in [9.17, 15) is 9.59 Å². The Morgan fingerprint density at radius 1 is 1.33 bits per heavy atom. The number of methoxy groups -OCH3 is 1. The van der Waals surface area contributed by atoms with Crippen LogP contribution in [0.3, 0.4) is 0 Å². The van der Waals surface area contributed by atoms with E-state index >= 15 is 0 Å². The van der Waals surface area contributed by atoms with E-state index in [0.29, 0.717) is 36.4 Å². The van der Waals surface area contributed by atoms with Crippen molar-refractivity contribution in [1.29, 1.82) is 0 Å². The smallest absolute Gasteiger partial charge is 0.247 e. The minimum atomic E-state index is -0.542. The second kappa shape index (κ2) is 12.3. The van der Waals surface area contributed by atoms with Crippen LogP contribution in [0.25, 0.3) is 0 Å². The van der Waals surface area contributed by atoms with Crippen molar-refractivity contribution in [2.24, 2.45) is 28.5 Å². The van der Waals surface area contributed by atoms with Crippen LogP contribution < -0.4 is 21.1 Å². The minimum absolute atomic E-state index is 0.195. The lowest BCUT2D eigenvalue weighted by atomic mass is 9.89. The molecule has 0 aliphatic heterocycles. The Morgan fingerprint density at radius 2 is 1.94 bits per heavy atom. The van der Waals surface area contributed by atoms with E-state index in [2.05, 4.69) is 20.6 Å². The number of aliphatic hydroxyl groups is 1. The van der Waals surface area contributed by atoms with Crippen LogP contribution >= 0.6 is 0 Å². The average Bonchev–Trinajstić information content (AvgIpc) is 3.66. The Bertz CT molecular complexity index is 824. The van der Waals surface area contributed by atoms with Crippen molar-refractivity contribution in [3.63, 3.8) is 0 Å². The number of aliphatic imine (C=N–C) groups is 1. The number of carbonyl (C=O) groups is 2. The van der Waals surface area contributed by atoms with Gasteiger partial charge in [-0.1, -0.05) is 6.07 Å². The lowest BCUT2D eigenvalue weighted by Gasteiger charge is -2.26. The zero-order chi connectivity index (χ0) is 24.4. The number of hydrogen-bond donors (Lipinski definition) is 4. The van der Waals surface area contributed by atoms with E-state index in [0.717, 1.165) is 31.2 Å². The van der Waals surface area contributed by atoms with Crippen molar-refractivity contribution in [2.45, 2.75) is 64.6 Å². The molecule has 2 amide bonds. The third kappa shape index (κ3) is 9.61. The zero-order valence-corrected chi connectivity index (χ0v) is 20.0. The van der Waals surface area contributed by atoms with Gasteiger partial charge in [0.25, 0.3) is 0 Å². The van der Waals surface area contributed by atoms with Crippen LogP contribution in [0, 0.1) is 17.8 Å². The number of aromatic nitrogens is 1. The summed E-state index contributed by atoms with van der Waals surface area (Å²) in [5.41, 5.74) is 6.37. The van der Waals surface area contributed by atoms with Crippen LogP contribution in [0.2, 0.25) is 0 Å². The highest BCUT2D eigenvalue weighted by Crippen LogP contribution is 2.50. The number of pyridine rings is 1. The minimum Gasteiger partial charge on any atom is -0.481 e. The SMILES string of the molecule is CC(C)(C)O.COc1ncccc1CN=C/C(=C\N)NC(=O)C(NC=O)C(C1CC1)C1CC1. The van der Waals surface area contributed by atoms with Crippen LogP contribution in [-0.4, -0.2) is 47.4 Å². The van der Waals surface area contributed by atoms with E-state index < -0.39 is 11.6 Å². The molecule has 5 N–H and O–H groups in total. The van der Waals surface area contributed by atoms with Gasteiger partial charge in [0.1, 0.15) is 6.04 Å². The molecule has 3 rings (SSSR count). The zero-order valence-electron chi connectivity index (χ0n) is 20.0. The molecule has 2 aliphatic rings. The Hall–Kier alpha value is -2.94. The molecule has 1 heterocycles. The molecule has 1 atom stereocenters. The average molecular weight is 460 g/mol.